The Morgan fingerprint density at radius 1 is 1.19 bits per heavy atom. The molecule has 1 aromatic carbocycles. The van der Waals surface area contributed by atoms with Crippen LogP contribution in [0.4, 0.5) is 5.82 Å². The van der Waals surface area contributed by atoms with E-state index in [-0.39, 0.29) is 0 Å². The van der Waals surface area contributed by atoms with Crippen LogP contribution in [-0.4, -0.2) is 16.6 Å². The van der Waals surface area contributed by atoms with E-state index >= 15 is 0 Å². The normalized spacial score (nSPS) is 10.7. The summed E-state index contributed by atoms with van der Waals surface area (Å²) in [7, 11) is 0. The number of ether oxygens (including phenoxy) is 1. The van der Waals surface area contributed by atoms with Gasteiger partial charge in [0.15, 0.2) is 5.82 Å². The maximum atomic E-state index is 5.71. The van der Waals surface area contributed by atoms with Gasteiger partial charge in [0.1, 0.15) is 5.82 Å². The first-order chi connectivity index (χ1) is 10.2. The van der Waals surface area contributed by atoms with E-state index in [9.17, 15) is 0 Å². The average Bonchev–Trinajstić information content (AvgIpc) is 2.52. The van der Waals surface area contributed by atoms with E-state index in [0.717, 1.165) is 18.4 Å². The van der Waals surface area contributed by atoms with Crippen molar-refractivity contribution in [2.45, 2.75) is 26.7 Å². The van der Waals surface area contributed by atoms with Crippen LogP contribution in [0.15, 0.2) is 36.4 Å². The van der Waals surface area contributed by atoms with E-state index in [1.807, 2.05) is 30.3 Å². The van der Waals surface area contributed by atoms with Crippen molar-refractivity contribution in [1.82, 2.24) is 9.97 Å². The minimum Gasteiger partial charge on any atom is -0.478 e. The summed E-state index contributed by atoms with van der Waals surface area (Å²) in [5, 5.41) is 0. The van der Waals surface area contributed by atoms with Gasteiger partial charge in [-0.3, -0.25) is 0 Å². The maximum Gasteiger partial charge on any atom is 0.219 e. The summed E-state index contributed by atoms with van der Waals surface area (Å²) < 4.78 is 5.71. The molecule has 0 aliphatic rings. The summed E-state index contributed by atoms with van der Waals surface area (Å²) >= 11 is 0. The molecule has 0 aliphatic carbocycles. The average molecular weight is 286 g/mol. The zero-order valence-corrected chi connectivity index (χ0v) is 12.5. The fraction of sp³-hybridized carbons (Fsp3) is 0.375. The van der Waals surface area contributed by atoms with Crippen LogP contribution in [0.5, 0.6) is 5.88 Å². The van der Waals surface area contributed by atoms with Gasteiger partial charge in [-0.25, -0.2) is 10.8 Å². The Bertz CT molecular complexity index is 557. The van der Waals surface area contributed by atoms with Gasteiger partial charge in [0, 0.05) is 11.6 Å². The smallest absolute Gasteiger partial charge is 0.219 e. The molecule has 0 radical (unpaired) electrons. The van der Waals surface area contributed by atoms with Gasteiger partial charge in [0.2, 0.25) is 5.88 Å². The van der Waals surface area contributed by atoms with Crippen LogP contribution >= 0.6 is 0 Å². The minimum atomic E-state index is 0.542. The number of nitrogens with two attached hydrogens (primary N) is 1. The van der Waals surface area contributed by atoms with Crippen molar-refractivity contribution in [2.75, 3.05) is 12.0 Å². The highest BCUT2D eigenvalue weighted by Gasteiger charge is 2.07. The second-order valence-electron chi connectivity index (χ2n) is 5.31. The van der Waals surface area contributed by atoms with Gasteiger partial charge in [-0.15, -0.1) is 0 Å². The molecule has 0 unspecified atom stereocenters. The fourth-order valence-corrected chi connectivity index (χ4v) is 1.96. The first-order valence-electron chi connectivity index (χ1n) is 7.23. The molecule has 0 saturated carbocycles. The second-order valence-corrected chi connectivity index (χ2v) is 5.31. The van der Waals surface area contributed by atoms with Gasteiger partial charge in [-0.05, 0) is 18.8 Å². The summed E-state index contributed by atoms with van der Waals surface area (Å²) in [6.45, 7) is 5.05. The molecule has 0 fully saturated rings. The van der Waals surface area contributed by atoms with Gasteiger partial charge < -0.3 is 10.2 Å². The fourth-order valence-electron chi connectivity index (χ4n) is 1.96. The topological polar surface area (TPSA) is 73.1 Å². The molecule has 1 heterocycles. The highest BCUT2D eigenvalue weighted by Crippen LogP contribution is 2.21. The standard InChI is InChI=1S/C16H22N4O/c1-12(2)7-6-10-21-15-11-14(20-17)18-16(19-15)13-8-4-3-5-9-13/h3-5,8-9,11-12H,6-7,10,17H2,1-2H3,(H,18,19,20). The molecule has 112 valence electrons. The van der Waals surface area contributed by atoms with Crippen LogP contribution in [0.3, 0.4) is 0 Å². The summed E-state index contributed by atoms with van der Waals surface area (Å²) in [5.41, 5.74) is 3.49. The summed E-state index contributed by atoms with van der Waals surface area (Å²) in [4.78, 5) is 8.79. The van der Waals surface area contributed by atoms with Crippen LogP contribution < -0.4 is 16.0 Å². The Labute approximate surface area is 125 Å². The number of hydrazine groups is 1. The number of rotatable bonds is 7. The zero-order chi connectivity index (χ0) is 15.1. The molecule has 3 N–H and O–H groups in total. The Morgan fingerprint density at radius 3 is 2.62 bits per heavy atom. The van der Waals surface area contributed by atoms with Crippen LogP contribution in [0.25, 0.3) is 11.4 Å². The highest BCUT2D eigenvalue weighted by atomic mass is 16.5. The molecule has 0 aliphatic heterocycles. The van der Waals surface area contributed by atoms with Gasteiger partial charge in [0.05, 0.1) is 6.61 Å². The summed E-state index contributed by atoms with van der Waals surface area (Å²) in [6.07, 6.45) is 2.15. The molecule has 2 aromatic rings. The third-order valence-electron chi connectivity index (χ3n) is 3.06. The van der Waals surface area contributed by atoms with Gasteiger partial charge in [-0.1, -0.05) is 44.2 Å². The van der Waals surface area contributed by atoms with E-state index in [4.69, 9.17) is 10.6 Å². The van der Waals surface area contributed by atoms with E-state index in [1.54, 1.807) is 6.07 Å². The SMILES string of the molecule is CC(C)CCCOc1cc(NN)nc(-c2ccccc2)n1. The van der Waals surface area contributed by atoms with Crippen LogP contribution in [0.2, 0.25) is 0 Å². The number of nitrogens with zero attached hydrogens (tertiary/aromatic N) is 2. The number of hydrogen-bond acceptors (Lipinski definition) is 5. The molecule has 5 heteroatoms. The lowest BCUT2D eigenvalue weighted by Gasteiger charge is -2.10. The van der Waals surface area contributed by atoms with E-state index in [0.29, 0.717) is 30.0 Å². The molecule has 0 atom stereocenters. The van der Waals surface area contributed by atoms with E-state index in [2.05, 4.69) is 29.2 Å². The molecule has 21 heavy (non-hydrogen) atoms. The van der Waals surface area contributed by atoms with Crippen molar-refractivity contribution in [2.24, 2.45) is 11.8 Å². The highest BCUT2D eigenvalue weighted by molar-refractivity contribution is 5.57. The van der Waals surface area contributed by atoms with Crippen molar-refractivity contribution in [3.8, 4) is 17.3 Å². The number of anilines is 1. The predicted octanol–water partition coefficient (Wildman–Crippen LogP) is 3.24. The number of hydrogen-bond donors (Lipinski definition) is 2. The van der Waals surface area contributed by atoms with Gasteiger partial charge in [-0.2, -0.15) is 4.98 Å². The number of nitrogen functional groups attached to an aromatic ring is 1. The first kappa shape index (κ1) is 15.3. The zero-order valence-electron chi connectivity index (χ0n) is 12.5. The number of nitrogens with one attached hydrogen (secondary N) is 1. The van der Waals surface area contributed by atoms with E-state index in [1.165, 1.54) is 0 Å². The van der Waals surface area contributed by atoms with Crippen LogP contribution in [0.1, 0.15) is 26.7 Å². The van der Waals surface area contributed by atoms with Crippen LogP contribution in [0, 0.1) is 5.92 Å². The number of benzene rings is 1. The van der Waals surface area contributed by atoms with Gasteiger partial charge in [0.25, 0.3) is 0 Å². The van der Waals surface area contributed by atoms with Crippen molar-refractivity contribution in [1.29, 1.82) is 0 Å². The Hall–Kier alpha value is -2.14. The molecule has 0 bridgehead atoms. The molecule has 0 saturated heterocycles. The molecule has 2 rings (SSSR count). The lowest BCUT2D eigenvalue weighted by Crippen LogP contribution is -2.10. The van der Waals surface area contributed by atoms with Crippen LogP contribution in [-0.2, 0) is 0 Å². The first-order valence-corrected chi connectivity index (χ1v) is 7.23. The minimum absolute atomic E-state index is 0.542. The second kappa shape index (κ2) is 7.59. The van der Waals surface area contributed by atoms with Crippen molar-refractivity contribution in [3.05, 3.63) is 36.4 Å². The summed E-state index contributed by atoms with van der Waals surface area (Å²) in [6, 6.07) is 11.5. The molecular weight excluding hydrogens is 264 g/mol. The lowest BCUT2D eigenvalue weighted by atomic mass is 10.1. The van der Waals surface area contributed by atoms with Gasteiger partial charge >= 0.3 is 0 Å². The van der Waals surface area contributed by atoms with Crippen molar-refractivity contribution >= 4 is 5.82 Å². The third kappa shape index (κ3) is 4.72. The predicted molar refractivity (Wildman–Crippen MR) is 84.8 cm³/mol. The summed E-state index contributed by atoms with van der Waals surface area (Å²) in [5.74, 6) is 7.83. The monoisotopic (exact) mass is 286 g/mol. The molecule has 5 nitrogen and oxygen atoms in total. The van der Waals surface area contributed by atoms with Crippen molar-refractivity contribution in [3.63, 3.8) is 0 Å². The largest absolute Gasteiger partial charge is 0.478 e. The lowest BCUT2D eigenvalue weighted by molar-refractivity contribution is 0.287. The molecule has 1 aromatic heterocycles. The molecule has 0 spiro atoms. The Kier molecular flexibility index (Phi) is 5.51. The Morgan fingerprint density at radius 2 is 1.95 bits per heavy atom. The quantitative estimate of drug-likeness (QED) is 0.464. The van der Waals surface area contributed by atoms with Crippen molar-refractivity contribution < 1.29 is 4.74 Å². The third-order valence-corrected chi connectivity index (χ3v) is 3.06. The maximum absolute atomic E-state index is 5.71. The molecular formula is C16H22N4O. The number of aromatic nitrogens is 2. The van der Waals surface area contributed by atoms with E-state index < -0.39 is 0 Å². The Balaban J connectivity index is 2.11. The molecule has 0 amide bonds.